The fraction of sp³-hybridized carbons (Fsp3) is 0.712. The molecule has 5 heterocycles. The maximum Gasteiger partial charge on any atom is 0.410 e. The zero-order chi connectivity index (χ0) is 60.8. The van der Waals surface area contributed by atoms with Crippen LogP contribution < -0.4 is 14.8 Å². The lowest BCUT2D eigenvalue weighted by Gasteiger charge is -2.50. The van der Waals surface area contributed by atoms with Crippen molar-refractivity contribution in [3.63, 3.8) is 0 Å². The van der Waals surface area contributed by atoms with E-state index in [0.29, 0.717) is 23.3 Å². The topological polar surface area (TPSA) is 241 Å². The van der Waals surface area contributed by atoms with E-state index in [1.54, 1.807) is 80.6 Å². The summed E-state index contributed by atoms with van der Waals surface area (Å²) in [5.74, 6) is -5.33. The highest BCUT2D eigenvalue weighted by Gasteiger charge is 2.61. The SMILES string of the molecule is CC[C@H]1OC(=O)[C@H](C)[C@@H](O[C@H]2C[C@@](C)(OC)[C@@H](OC(C)=O)[C@H](C)O2)[C@H](C)[C@@H](O[C@@H]2O[C@H](C)C[C@H](NC)[C@H]2OC(C)=O)[C@](C)(OC)C[C@@H](C)C(=O)[C@H](C)[C@H]2N(CCCOc3cc(C(=O)Cc4c(Cl)cncc4Cl)ccc3OC)C(=O)O[C@]12C. The van der Waals surface area contributed by atoms with Crippen LogP contribution >= 0.6 is 23.2 Å². The summed E-state index contributed by atoms with van der Waals surface area (Å²) in [4.78, 5) is 89.0. The molecule has 21 nitrogen and oxygen atoms in total. The minimum atomic E-state index is -1.57. The molecule has 4 saturated heterocycles. The lowest BCUT2D eigenvalue weighted by molar-refractivity contribution is -0.318. The number of pyridine rings is 1. The molecule has 0 spiro atoms. The van der Waals surface area contributed by atoms with E-state index in [9.17, 15) is 19.2 Å². The van der Waals surface area contributed by atoms with Crippen LogP contribution in [0, 0.1) is 23.7 Å². The Hall–Kier alpha value is -4.71. The molecule has 1 amide bonds. The van der Waals surface area contributed by atoms with E-state index in [-0.39, 0.29) is 78.7 Å². The third-order valence-corrected chi connectivity index (χ3v) is 17.6. The highest BCUT2D eigenvalue weighted by atomic mass is 35.5. The van der Waals surface area contributed by atoms with Gasteiger partial charge in [0.1, 0.15) is 17.5 Å². The Morgan fingerprint density at radius 1 is 0.829 bits per heavy atom. The minimum Gasteiger partial charge on any atom is -0.493 e. The Labute approximate surface area is 491 Å². The van der Waals surface area contributed by atoms with Gasteiger partial charge >= 0.3 is 24.0 Å². The number of benzene rings is 1. The Bertz CT molecular complexity index is 2580. The highest BCUT2D eigenvalue weighted by molar-refractivity contribution is 6.36. The third-order valence-electron chi connectivity index (χ3n) is 17.0. The minimum absolute atomic E-state index is 0.0348. The average Bonchev–Trinajstić information content (AvgIpc) is 3.86. The summed E-state index contributed by atoms with van der Waals surface area (Å²) in [5.41, 5.74) is -3.32. The summed E-state index contributed by atoms with van der Waals surface area (Å²) in [7, 11) is 6.23. The molecule has 0 unspecified atom stereocenters. The zero-order valence-corrected chi connectivity index (χ0v) is 51.7. The van der Waals surface area contributed by atoms with Gasteiger partial charge in [0.15, 0.2) is 47.7 Å². The number of cyclic esters (lactones) is 1. The molecule has 6 rings (SSSR count). The Morgan fingerprint density at radius 2 is 1.48 bits per heavy atom. The van der Waals surface area contributed by atoms with Gasteiger partial charge in [-0.1, -0.05) is 50.9 Å². The number of nitrogens with one attached hydrogen (secondary N) is 1. The number of aromatic nitrogens is 1. The number of nitrogens with zero attached hydrogens (tertiary/aromatic N) is 2. The van der Waals surface area contributed by atoms with E-state index in [0.717, 1.165) is 0 Å². The zero-order valence-electron chi connectivity index (χ0n) is 50.2. The largest absolute Gasteiger partial charge is 0.493 e. The summed E-state index contributed by atoms with van der Waals surface area (Å²) >= 11 is 12.7. The van der Waals surface area contributed by atoms with Crippen LogP contribution in [0.2, 0.25) is 10.0 Å². The van der Waals surface area contributed by atoms with Crippen molar-refractivity contribution < 1.29 is 85.6 Å². The van der Waals surface area contributed by atoms with Gasteiger partial charge < -0.3 is 67.1 Å². The molecule has 4 aliphatic heterocycles. The van der Waals surface area contributed by atoms with Gasteiger partial charge in [-0.15, -0.1) is 0 Å². The van der Waals surface area contributed by atoms with Crippen molar-refractivity contribution in [3.05, 3.63) is 51.8 Å². The van der Waals surface area contributed by atoms with Crippen molar-refractivity contribution in [2.45, 2.75) is 206 Å². The van der Waals surface area contributed by atoms with Gasteiger partial charge in [-0.25, -0.2) is 4.79 Å². The number of Topliss-reactive ketones (excluding diaryl/α,β-unsaturated/α-hetero) is 2. The van der Waals surface area contributed by atoms with E-state index in [1.165, 1.54) is 52.5 Å². The monoisotopic (exact) mass is 1190 g/mol. The summed E-state index contributed by atoms with van der Waals surface area (Å²) in [6, 6.07) is 3.41. The lowest BCUT2D eigenvalue weighted by Crippen LogP contribution is -2.62. The van der Waals surface area contributed by atoms with Crippen molar-refractivity contribution in [1.29, 1.82) is 0 Å². The number of esters is 3. The number of hydrogen-bond acceptors (Lipinski definition) is 20. The first-order chi connectivity index (χ1) is 38.6. The second-order valence-electron chi connectivity index (χ2n) is 22.9. The number of halogens is 2. The predicted molar refractivity (Wildman–Crippen MR) is 300 cm³/mol. The number of hydrogen-bond donors (Lipinski definition) is 1. The van der Waals surface area contributed by atoms with Crippen molar-refractivity contribution in [2.24, 2.45) is 23.7 Å². The van der Waals surface area contributed by atoms with Gasteiger partial charge in [-0.2, -0.15) is 0 Å². The highest BCUT2D eigenvalue weighted by Crippen LogP contribution is 2.45. The van der Waals surface area contributed by atoms with E-state index >= 15 is 9.59 Å². The van der Waals surface area contributed by atoms with Gasteiger partial charge in [-0.3, -0.25) is 29.0 Å². The molecule has 1 aromatic heterocycles. The van der Waals surface area contributed by atoms with Crippen LogP contribution in [0.25, 0.3) is 0 Å². The molecule has 82 heavy (non-hydrogen) atoms. The van der Waals surface area contributed by atoms with Crippen LogP contribution in [0.1, 0.15) is 131 Å². The van der Waals surface area contributed by atoms with E-state index in [2.05, 4.69) is 10.3 Å². The number of fused-ring (bicyclic) bond motifs is 1. The molecule has 18 atom stereocenters. The second-order valence-corrected chi connectivity index (χ2v) is 23.7. The molecule has 4 aliphatic rings. The molecule has 1 N–H and O–H groups in total. The number of rotatable bonds is 19. The summed E-state index contributed by atoms with van der Waals surface area (Å²) in [6.45, 7) is 20.4. The first-order valence-electron chi connectivity index (χ1n) is 28.2. The molecule has 0 aliphatic carbocycles. The Balaban J connectivity index is 1.37. The summed E-state index contributed by atoms with van der Waals surface area (Å²) < 4.78 is 76.0. The Morgan fingerprint density at radius 3 is 2.07 bits per heavy atom. The van der Waals surface area contributed by atoms with Crippen molar-refractivity contribution in [3.8, 4) is 11.5 Å². The number of methoxy groups -OCH3 is 3. The quantitative estimate of drug-likeness (QED) is 0.0602. The molecule has 2 aromatic rings. The maximum absolute atomic E-state index is 15.4. The smallest absolute Gasteiger partial charge is 0.410 e. The van der Waals surface area contributed by atoms with Crippen LogP contribution in [-0.4, -0.2) is 171 Å². The number of carbonyl (C=O) groups excluding carboxylic acids is 6. The number of likely N-dealkylation sites (N-methyl/N-ethyl adjacent to an activating group) is 1. The fourth-order valence-corrected chi connectivity index (χ4v) is 13.1. The first-order valence-corrected chi connectivity index (χ1v) is 29.0. The molecule has 4 fully saturated rings. The van der Waals surface area contributed by atoms with Gasteiger partial charge in [0.25, 0.3) is 0 Å². The first kappa shape index (κ1) is 66.4. The van der Waals surface area contributed by atoms with Crippen LogP contribution in [-0.2, 0) is 73.0 Å². The van der Waals surface area contributed by atoms with Crippen molar-refractivity contribution >= 4 is 58.8 Å². The number of amides is 1. The van der Waals surface area contributed by atoms with Gasteiger partial charge in [0, 0.05) is 88.7 Å². The normalized spacial score (nSPS) is 35.6. The summed E-state index contributed by atoms with van der Waals surface area (Å²) in [6.07, 6.45) is -5.42. The van der Waals surface area contributed by atoms with Gasteiger partial charge in [0.2, 0.25) is 0 Å². The van der Waals surface area contributed by atoms with E-state index in [4.69, 9.17) is 80.0 Å². The number of ketones is 2. The number of carbonyl (C=O) groups is 6. The second kappa shape index (κ2) is 28.0. The van der Waals surface area contributed by atoms with Gasteiger partial charge in [-0.05, 0) is 92.5 Å². The third kappa shape index (κ3) is 14.7. The predicted octanol–water partition coefficient (Wildman–Crippen LogP) is 8.31. The molecule has 0 bridgehead atoms. The number of ether oxygens (including phenoxy) is 12. The van der Waals surface area contributed by atoms with Crippen molar-refractivity contribution in [1.82, 2.24) is 15.2 Å². The molecular formula is C59H85Cl2N3O18. The average molecular weight is 1200 g/mol. The molecule has 0 saturated carbocycles. The van der Waals surface area contributed by atoms with Crippen LogP contribution in [0.3, 0.4) is 0 Å². The van der Waals surface area contributed by atoms with Crippen LogP contribution in [0.5, 0.6) is 11.5 Å². The molecule has 23 heteroatoms. The molecular weight excluding hydrogens is 1110 g/mol. The lowest BCUT2D eigenvalue weighted by atomic mass is 9.73. The van der Waals surface area contributed by atoms with E-state index in [1.807, 2.05) is 13.8 Å². The Kier molecular flexibility index (Phi) is 22.7. The standard InChI is InChI=1S/C59H85Cl2N3O18/c1-17-46-59(12)51(64(56(70)82-59)21-18-22-74-45-24-38(19-20-44(45)71-14)43(67)25-39-40(60)28-63-29-41(39)61)32(4)48(68)30(2)26-57(10,72-15)52(81-55-50(77-36(8)65)42(62-13)23-31(3)75-55)33(5)49(34(6)54(69)79-46)80-47-27-58(11,73-16)53(35(7)76-47)78-37(9)66/h19-20,24,28-35,42,46-47,49-53,55,62H,17-18,21-23,25-27H2,1-16H3/t30-,31-,32+,33+,34-,35+,42+,46-,47+,49+,50-,51-,52-,53+,55+,57-,58-,59-/m1/s1. The van der Waals surface area contributed by atoms with Crippen LogP contribution in [0.4, 0.5) is 4.79 Å². The van der Waals surface area contributed by atoms with Crippen molar-refractivity contribution in [2.75, 3.05) is 41.5 Å². The van der Waals surface area contributed by atoms with Gasteiger partial charge in [0.05, 0.1) is 71.8 Å². The van der Waals surface area contributed by atoms with E-state index < -0.39 is 126 Å². The molecule has 0 radical (unpaired) electrons. The molecule has 1 aromatic carbocycles. The van der Waals surface area contributed by atoms with Crippen LogP contribution in [0.15, 0.2) is 30.6 Å². The summed E-state index contributed by atoms with van der Waals surface area (Å²) in [5, 5.41) is 3.76. The molecule has 458 valence electrons. The maximum atomic E-state index is 15.4. The fourth-order valence-electron chi connectivity index (χ4n) is 12.6.